The summed E-state index contributed by atoms with van der Waals surface area (Å²) in [4.78, 5) is 0. The van der Waals surface area contributed by atoms with Gasteiger partial charge >= 0.3 is 0 Å². The molecule has 5 nitrogen and oxygen atoms in total. The van der Waals surface area contributed by atoms with Gasteiger partial charge in [-0.15, -0.1) is 0 Å². The summed E-state index contributed by atoms with van der Waals surface area (Å²) in [5.74, 6) is 0.00793. The minimum atomic E-state index is -3.33. The molecule has 20 heavy (non-hydrogen) atoms. The molecule has 0 amide bonds. The molecule has 0 heterocycles. The van der Waals surface area contributed by atoms with Crippen LogP contribution in [-0.4, -0.2) is 37.7 Å². The monoisotopic (exact) mass is 300 g/mol. The van der Waals surface area contributed by atoms with Crippen molar-refractivity contribution in [2.24, 2.45) is 0 Å². The molecule has 0 aromatic heterocycles. The number of hydrogen-bond acceptors (Lipinski definition) is 4. The van der Waals surface area contributed by atoms with Gasteiger partial charge in [-0.05, 0) is 38.5 Å². The zero-order valence-electron chi connectivity index (χ0n) is 12.4. The maximum atomic E-state index is 12.3. The largest absolute Gasteiger partial charge is 0.399 e. The van der Waals surface area contributed by atoms with Gasteiger partial charge in [0.25, 0.3) is 0 Å². The van der Waals surface area contributed by atoms with Gasteiger partial charge in [-0.25, -0.2) is 8.42 Å². The van der Waals surface area contributed by atoms with Crippen molar-refractivity contribution >= 4 is 15.7 Å². The number of ether oxygens (including phenoxy) is 1. The van der Waals surface area contributed by atoms with Gasteiger partial charge < -0.3 is 10.5 Å². The van der Waals surface area contributed by atoms with E-state index in [-0.39, 0.29) is 18.4 Å². The smallest absolute Gasteiger partial charge is 0.216 e. The molecule has 0 atom stereocenters. The molecule has 6 heteroatoms. The summed E-state index contributed by atoms with van der Waals surface area (Å²) in [6.45, 7) is 6.69. The predicted molar refractivity (Wildman–Crippen MR) is 81.8 cm³/mol. The van der Waals surface area contributed by atoms with Crippen molar-refractivity contribution in [3.63, 3.8) is 0 Å². The summed E-state index contributed by atoms with van der Waals surface area (Å²) >= 11 is 0. The van der Waals surface area contributed by atoms with Crippen molar-refractivity contribution in [2.45, 2.75) is 33.4 Å². The second-order valence-corrected chi connectivity index (χ2v) is 6.93. The highest BCUT2D eigenvalue weighted by Gasteiger charge is 2.24. The lowest BCUT2D eigenvalue weighted by Gasteiger charge is -2.26. The minimum Gasteiger partial charge on any atom is -0.399 e. The second-order valence-electron chi connectivity index (χ2n) is 4.89. The first-order chi connectivity index (χ1) is 9.36. The second kappa shape index (κ2) is 7.61. The van der Waals surface area contributed by atoms with Crippen molar-refractivity contribution in [3.05, 3.63) is 29.8 Å². The maximum Gasteiger partial charge on any atom is 0.216 e. The predicted octanol–water partition coefficient (Wildman–Crippen LogP) is 1.85. The third-order valence-electron chi connectivity index (χ3n) is 2.94. The Bertz CT molecular complexity index is 498. The van der Waals surface area contributed by atoms with E-state index in [0.717, 1.165) is 5.56 Å². The standard InChI is InChI=1S/C14H24N2O3S/c1-4-19-9-10-20(17,18)16(12(2)3)11-13-5-7-14(15)8-6-13/h5-8,12H,4,9-11,15H2,1-3H3. The Balaban J connectivity index is 2.80. The first-order valence-electron chi connectivity index (χ1n) is 6.78. The van der Waals surface area contributed by atoms with Gasteiger partial charge in [-0.2, -0.15) is 4.31 Å². The third-order valence-corrected chi connectivity index (χ3v) is 4.89. The van der Waals surface area contributed by atoms with Crippen LogP contribution in [0.5, 0.6) is 0 Å². The summed E-state index contributed by atoms with van der Waals surface area (Å²) in [7, 11) is -3.33. The van der Waals surface area contributed by atoms with Crippen LogP contribution in [0.4, 0.5) is 5.69 Å². The van der Waals surface area contributed by atoms with Gasteiger partial charge in [0.1, 0.15) is 0 Å². The number of sulfonamides is 1. The van der Waals surface area contributed by atoms with Crippen LogP contribution in [0.3, 0.4) is 0 Å². The number of nitrogens with two attached hydrogens (primary N) is 1. The molecule has 1 aromatic carbocycles. The number of nitrogen functional groups attached to an aromatic ring is 1. The fraction of sp³-hybridized carbons (Fsp3) is 0.571. The van der Waals surface area contributed by atoms with Crippen molar-refractivity contribution in [1.82, 2.24) is 4.31 Å². The number of benzene rings is 1. The fourth-order valence-electron chi connectivity index (χ4n) is 1.83. The molecule has 0 aliphatic carbocycles. The molecule has 0 spiro atoms. The Kier molecular flexibility index (Phi) is 6.45. The minimum absolute atomic E-state index is 0.00793. The van der Waals surface area contributed by atoms with Gasteiger partial charge in [-0.3, -0.25) is 0 Å². The van der Waals surface area contributed by atoms with E-state index in [1.165, 1.54) is 4.31 Å². The molecule has 0 saturated carbocycles. The van der Waals surface area contributed by atoms with E-state index < -0.39 is 10.0 Å². The Hall–Kier alpha value is -1.11. The maximum absolute atomic E-state index is 12.3. The lowest BCUT2D eigenvalue weighted by molar-refractivity contribution is 0.162. The number of hydrogen-bond donors (Lipinski definition) is 1. The number of anilines is 1. The quantitative estimate of drug-likeness (QED) is 0.587. The van der Waals surface area contributed by atoms with Crippen LogP contribution in [0.15, 0.2) is 24.3 Å². The lowest BCUT2D eigenvalue weighted by Crippen LogP contribution is -2.38. The highest BCUT2D eigenvalue weighted by atomic mass is 32.2. The molecule has 0 aliphatic heterocycles. The Labute approximate surface area is 121 Å². The SMILES string of the molecule is CCOCCS(=O)(=O)N(Cc1ccc(N)cc1)C(C)C. The average molecular weight is 300 g/mol. The van der Waals surface area contributed by atoms with Crippen LogP contribution in [-0.2, 0) is 21.3 Å². The van der Waals surface area contributed by atoms with E-state index in [1.54, 1.807) is 12.1 Å². The van der Waals surface area contributed by atoms with E-state index in [0.29, 0.717) is 18.8 Å². The molecule has 2 N–H and O–H groups in total. The van der Waals surface area contributed by atoms with Crippen LogP contribution < -0.4 is 5.73 Å². The molecular weight excluding hydrogens is 276 g/mol. The first-order valence-corrected chi connectivity index (χ1v) is 8.39. The molecule has 0 aliphatic rings. The van der Waals surface area contributed by atoms with Gasteiger partial charge in [-0.1, -0.05) is 12.1 Å². The van der Waals surface area contributed by atoms with E-state index in [4.69, 9.17) is 10.5 Å². The summed E-state index contributed by atoms with van der Waals surface area (Å²) < 4.78 is 31.3. The highest BCUT2D eigenvalue weighted by molar-refractivity contribution is 7.89. The lowest BCUT2D eigenvalue weighted by atomic mass is 10.2. The van der Waals surface area contributed by atoms with Gasteiger partial charge in [0.2, 0.25) is 10.0 Å². The van der Waals surface area contributed by atoms with E-state index in [1.807, 2.05) is 32.9 Å². The molecule has 0 radical (unpaired) electrons. The van der Waals surface area contributed by atoms with E-state index >= 15 is 0 Å². The fourth-order valence-corrected chi connectivity index (χ4v) is 3.38. The molecule has 0 bridgehead atoms. The van der Waals surface area contributed by atoms with Crippen molar-refractivity contribution < 1.29 is 13.2 Å². The van der Waals surface area contributed by atoms with Crippen LogP contribution in [0, 0.1) is 0 Å². The van der Waals surface area contributed by atoms with Crippen LogP contribution in [0.1, 0.15) is 26.3 Å². The normalized spacial score (nSPS) is 12.2. The highest BCUT2D eigenvalue weighted by Crippen LogP contribution is 2.15. The summed E-state index contributed by atoms with van der Waals surface area (Å²) in [6.07, 6.45) is 0. The summed E-state index contributed by atoms with van der Waals surface area (Å²) in [6, 6.07) is 7.16. The number of rotatable bonds is 8. The Morgan fingerprint density at radius 3 is 2.35 bits per heavy atom. The third kappa shape index (κ3) is 5.11. The van der Waals surface area contributed by atoms with Crippen LogP contribution in [0.25, 0.3) is 0 Å². The van der Waals surface area contributed by atoms with Crippen molar-refractivity contribution in [3.8, 4) is 0 Å². The van der Waals surface area contributed by atoms with Gasteiger partial charge in [0, 0.05) is 24.9 Å². The van der Waals surface area contributed by atoms with E-state index in [9.17, 15) is 8.42 Å². The molecule has 1 rings (SSSR count). The van der Waals surface area contributed by atoms with Crippen LogP contribution >= 0.6 is 0 Å². The molecule has 0 unspecified atom stereocenters. The van der Waals surface area contributed by atoms with E-state index in [2.05, 4.69) is 0 Å². The molecular formula is C14H24N2O3S. The van der Waals surface area contributed by atoms with Gasteiger partial charge in [0.15, 0.2) is 0 Å². The first kappa shape index (κ1) is 16.9. The molecule has 0 fully saturated rings. The average Bonchev–Trinajstić information content (AvgIpc) is 2.37. The van der Waals surface area contributed by atoms with Crippen LogP contribution in [0.2, 0.25) is 0 Å². The Morgan fingerprint density at radius 2 is 1.85 bits per heavy atom. The summed E-state index contributed by atoms with van der Waals surface area (Å²) in [5, 5.41) is 0. The molecule has 1 aromatic rings. The van der Waals surface area contributed by atoms with Crippen molar-refractivity contribution in [2.75, 3.05) is 24.7 Å². The van der Waals surface area contributed by atoms with Gasteiger partial charge in [0.05, 0.1) is 12.4 Å². The zero-order valence-corrected chi connectivity index (χ0v) is 13.2. The zero-order chi connectivity index (χ0) is 15.2. The number of nitrogens with zero attached hydrogens (tertiary/aromatic N) is 1. The molecule has 0 saturated heterocycles. The Morgan fingerprint density at radius 1 is 1.25 bits per heavy atom. The molecule has 114 valence electrons. The summed E-state index contributed by atoms with van der Waals surface area (Å²) in [5.41, 5.74) is 7.23. The topological polar surface area (TPSA) is 72.6 Å². The van der Waals surface area contributed by atoms with Crippen molar-refractivity contribution in [1.29, 1.82) is 0 Å².